The average molecular weight is 301 g/mol. The first-order valence-corrected chi connectivity index (χ1v) is 7.60. The second-order valence-electron chi connectivity index (χ2n) is 4.50. The summed E-state index contributed by atoms with van der Waals surface area (Å²) in [6.45, 7) is 0.258. The number of aliphatic hydroxyl groups excluding tert-OH is 1. The first-order valence-electron chi connectivity index (χ1n) is 6.61. The lowest BCUT2D eigenvalue weighted by molar-refractivity contribution is 0.126. The van der Waals surface area contributed by atoms with Crippen LogP contribution in [-0.2, 0) is 0 Å². The van der Waals surface area contributed by atoms with Gasteiger partial charge in [-0.15, -0.1) is 10.2 Å². The molecule has 0 spiro atoms. The lowest BCUT2D eigenvalue weighted by Crippen LogP contribution is -2.20. The molecule has 1 atom stereocenters. The summed E-state index contributed by atoms with van der Waals surface area (Å²) in [6, 6.07) is 15.2. The van der Waals surface area contributed by atoms with Gasteiger partial charge < -0.3 is 9.84 Å². The highest BCUT2D eigenvalue weighted by Gasteiger charge is 2.10. The van der Waals surface area contributed by atoms with Crippen molar-refractivity contribution in [2.45, 2.75) is 11.3 Å². The topological polar surface area (TPSA) is 59.7 Å². The standard InChI is InChI=1S/C15H15N3O2S/c19-12(10-20-13-6-2-1-3-7-13)11-21-15-17-16-14-8-4-5-9-18(14)15/h1-9,12,19H,10-11H2/t12-/m0/s1. The van der Waals surface area contributed by atoms with Gasteiger partial charge in [0.2, 0.25) is 0 Å². The van der Waals surface area contributed by atoms with E-state index in [4.69, 9.17) is 4.74 Å². The summed E-state index contributed by atoms with van der Waals surface area (Å²) < 4.78 is 7.42. The Balaban J connectivity index is 1.53. The van der Waals surface area contributed by atoms with Crippen LogP contribution < -0.4 is 4.74 Å². The van der Waals surface area contributed by atoms with E-state index >= 15 is 0 Å². The molecule has 0 fully saturated rings. The zero-order valence-corrected chi connectivity index (χ0v) is 12.1. The van der Waals surface area contributed by atoms with Crippen molar-refractivity contribution in [1.82, 2.24) is 14.6 Å². The van der Waals surface area contributed by atoms with Crippen LogP contribution in [0, 0.1) is 0 Å². The van der Waals surface area contributed by atoms with Crippen LogP contribution in [-0.4, -0.2) is 38.2 Å². The number of aromatic nitrogens is 3. The zero-order chi connectivity index (χ0) is 14.5. The van der Waals surface area contributed by atoms with Crippen molar-refractivity contribution in [3.05, 3.63) is 54.7 Å². The maximum Gasteiger partial charge on any atom is 0.195 e. The van der Waals surface area contributed by atoms with Gasteiger partial charge in [0, 0.05) is 11.9 Å². The van der Waals surface area contributed by atoms with E-state index in [0.29, 0.717) is 5.75 Å². The molecule has 21 heavy (non-hydrogen) atoms. The molecule has 0 saturated heterocycles. The summed E-state index contributed by atoms with van der Waals surface area (Å²) in [7, 11) is 0. The van der Waals surface area contributed by atoms with Crippen molar-refractivity contribution < 1.29 is 9.84 Å². The van der Waals surface area contributed by atoms with E-state index in [0.717, 1.165) is 16.6 Å². The Labute approximate surface area is 126 Å². The lowest BCUT2D eigenvalue weighted by atomic mass is 10.3. The van der Waals surface area contributed by atoms with Gasteiger partial charge in [0.1, 0.15) is 12.4 Å². The number of nitrogens with zero attached hydrogens (tertiary/aromatic N) is 3. The molecule has 0 aliphatic heterocycles. The monoisotopic (exact) mass is 301 g/mol. The Morgan fingerprint density at radius 3 is 2.76 bits per heavy atom. The first-order chi connectivity index (χ1) is 10.3. The Kier molecular flexibility index (Phi) is 4.37. The van der Waals surface area contributed by atoms with E-state index in [1.54, 1.807) is 0 Å². The van der Waals surface area contributed by atoms with Crippen LogP contribution in [0.25, 0.3) is 5.65 Å². The fourth-order valence-electron chi connectivity index (χ4n) is 1.85. The third-order valence-electron chi connectivity index (χ3n) is 2.87. The number of hydrogen-bond donors (Lipinski definition) is 1. The van der Waals surface area contributed by atoms with Crippen LogP contribution >= 0.6 is 11.8 Å². The van der Waals surface area contributed by atoms with Crippen molar-refractivity contribution in [2.24, 2.45) is 0 Å². The fraction of sp³-hybridized carbons (Fsp3) is 0.200. The van der Waals surface area contributed by atoms with E-state index < -0.39 is 6.10 Å². The molecular weight excluding hydrogens is 286 g/mol. The highest BCUT2D eigenvalue weighted by molar-refractivity contribution is 7.99. The Bertz CT molecular complexity index is 702. The SMILES string of the molecule is O[C@@H](COc1ccccc1)CSc1nnc2ccccn12. The molecule has 108 valence electrons. The van der Waals surface area contributed by atoms with Crippen LogP contribution in [0.15, 0.2) is 59.9 Å². The molecule has 0 bridgehead atoms. The van der Waals surface area contributed by atoms with Crippen molar-refractivity contribution in [3.8, 4) is 5.75 Å². The van der Waals surface area contributed by atoms with Crippen LogP contribution in [0.2, 0.25) is 0 Å². The summed E-state index contributed by atoms with van der Waals surface area (Å²) in [5.74, 6) is 1.26. The van der Waals surface area contributed by atoms with Gasteiger partial charge in [0.15, 0.2) is 10.8 Å². The second kappa shape index (κ2) is 6.60. The van der Waals surface area contributed by atoms with Gasteiger partial charge in [-0.25, -0.2) is 0 Å². The molecule has 5 nitrogen and oxygen atoms in total. The third-order valence-corrected chi connectivity index (χ3v) is 3.96. The number of benzene rings is 1. The van der Waals surface area contributed by atoms with Crippen molar-refractivity contribution in [3.63, 3.8) is 0 Å². The molecule has 0 radical (unpaired) electrons. The van der Waals surface area contributed by atoms with Gasteiger partial charge in [-0.05, 0) is 24.3 Å². The molecule has 2 heterocycles. The van der Waals surface area contributed by atoms with Gasteiger partial charge >= 0.3 is 0 Å². The quantitative estimate of drug-likeness (QED) is 0.708. The Morgan fingerprint density at radius 1 is 1.10 bits per heavy atom. The summed E-state index contributed by atoms with van der Waals surface area (Å²) in [5, 5.41) is 18.9. The minimum absolute atomic E-state index is 0.258. The molecular formula is C15H15N3O2S. The van der Waals surface area contributed by atoms with E-state index in [-0.39, 0.29) is 6.61 Å². The number of hydrogen-bond acceptors (Lipinski definition) is 5. The predicted molar refractivity (Wildman–Crippen MR) is 81.7 cm³/mol. The number of ether oxygens (including phenoxy) is 1. The highest BCUT2D eigenvalue weighted by atomic mass is 32.2. The number of rotatable bonds is 6. The Morgan fingerprint density at radius 2 is 1.90 bits per heavy atom. The maximum atomic E-state index is 9.98. The average Bonchev–Trinajstić information content (AvgIpc) is 2.95. The third kappa shape index (κ3) is 3.53. The Hall–Kier alpha value is -2.05. The molecule has 0 amide bonds. The summed E-state index contributed by atoms with van der Waals surface area (Å²) in [4.78, 5) is 0. The van der Waals surface area contributed by atoms with Crippen molar-refractivity contribution in [2.75, 3.05) is 12.4 Å². The van der Waals surface area contributed by atoms with Crippen LogP contribution in [0.3, 0.4) is 0 Å². The van der Waals surface area contributed by atoms with E-state index in [9.17, 15) is 5.11 Å². The lowest BCUT2D eigenvalue weighted by Gasteiger charge is -2.11. The second-order valence-corrected chi connectivity index (χ2v) is 5.49. The summed E-state index contributed by atoms with van der Waals surface area (Å²) in [5.41, 5.74) is 0.801. The molecule has 6 heteroatoms. The molecule has 0 aliphatic rings. The van der Waals surface area contributed by atoms with Crippen LogP contribution in [0.4, 0.5) is 0 Å². The molecule has 0 saturated carbocycles. The van der Waals surface area contributed by atoms with Gasteiger partial charge in [0.25, 0.3) is 0 Å². The zero-order valence-electron chi connectivity index (χ0n) is 11.3. The number of fused-ring (bicyclic) bond motifs is 1. The molecule has 2 aromatic heterocycles. The number of para-hydroxylation sites is 1. The minimum Gasteiger partial charge on any atom is -0.491 e. The van der Waals surface area contributed by atoms with Gasteiger partial charge in [-0.3, -0.25) is 4.40 Å². The van der Waals surface area contributed by atoms with Gasteiger partial charge in [0.05, 0.1) is 6.10 Å². The molecule has 1 aromatic carbocycles. The normalized spacial score (nSPS) is 12.4. The highest BCUT2D eigenvalue weighted by Crippen LogP contribution is 2.18. The van der Waals surface area contributed by atoms with E-state index in [1.165, 1.54) is 11.8 Å². The van der Waals surface area contributed by atoms with Gasteiger partial charge in [-0.2, -0.15) is 0 Å². The van der Waals surface area contributed by atoms with Crippen molar-refractivity contribution >= 4 is 17.4 Å². The summed E-state index contributed by atoms with van der Waals surface area (Å²) in [6.07, 6.45) is 1.34. The maximum absolute atomic E-state index is 9.98. The summed E-state index contributed by atoms with van der Waals surface area (Å²) >= 11 is 1.46. The van der Waals surface area contributed by atoms with E-state index in [1.807, 2.05) is 59.1 Å². The molecule has 3 rings (SSSR count). The van der Waals surface area contributed by atoms with Crippen LogP contribution in [0.1, 0.15) is 0 Å². The predicted octanol–water partition coefficient (Wildman–Crippen LogP) is 2.26. The van der Waals surface area contributed by atoms with Gasteiger partial charge in [-0.1, -0.05) is 36.0 Å². The molecule has 3 aromatic rings. The smallest absolute Gasteiger partial charge is 0.195 e. The molecule has 0 aliphatic carbocycles. The number of aliphatic hydroxyl groups is 1. The fourth-order valence-corrected chi connectivity index (χ4v) is 2.68. The molecule has 0 unspecified atom stereocenters. The van der Waals surface area contributed by atoms with E-state index in [2.05, 4.69) is 10.2 Å². The molecule has 1 N–H and O–H groups in total. The minimum atomic E-state index is -0.564. The largest absolute Gasteiger partial charge is 0.491 e. The number of thioether (sulfide) groups is 1. The van der Waals surface area contributed by atoms with Crippen molar-refractivity contribution in [1.29, 1.82) is 0 Å². The number of pyridine rings is 1. The first kappa shape index (κ1) is 13.9. The van der Waals surface area contributed by atoms with Crippen LogP contribution in [0.5, 0.6) is 5.75 Å².